The van der Waals surface area contributed by atoms with Crippen molar-refractivity contribution >= 4 is 28.9 Å². The Morgan fingerprint density at radius 3 is 2.66 bits per heavy atom. The molecule has 5 heterocycles. The highest BCUT2D eigenvalue weighted by molar-refractivity contribution is 5.94. The van der Waals surface area contributed by atoms with Crippen molar-refractivity contribution in [1.29, 1.82) is 0 Å². The first-order chi connectivity index (χ1) is 20.8. The average Bonchev–Trinajstić information content (AvgIpc) is 3.47. The fraction of sp³-hybridized carbons (Fsp3) is 0.469. The first kappa shape index (κ1) is 28.5. The zero-order valence-corrected chi connectivity index (χ0v) is 25.2. The summed E-state index contributed by atoms with van der Waals surface area (Å²) in [6.07, 6.45) is 0.0444. The molecule has 2 amide bonds. The van der Waals surface area contributed by atoms with Gasteiger partial charge in [0.2, 0.25) is 11.5 Å². The summed E-state index contributed by atoms with van der Waals surface area (Å²) in [4.78, 5) is 56.6. The molecule has 44 heavy (non-hydrogen) atoms. The van der Waals surface area contributed by atoms with Crippen molar-refractivity contribution in [2.75, 3.05) is 6.54 Å². The molecule has 1 unspecified atom stereocenters. The second kappa shape index (κ2) is 9.59. The van der Waals surface area contributed by atoms with Crippen LogP contribution in [0.5, 0.6) is 0 Å². The highest BCUT2D eigenvalue weighted by Crippen LogP contribution is 2.52. The molecule has 3 aromatic rings. The van der Waals surface area contributed by atoms with Crippen LogP contribution < -0.4 is 16.2 Å². The standard InChI is InChI=1S/C32H33FN4O7/c1-14-16-6-7-21(35-24(38)8-9-34-30(41)44-31(3,4)5)26-17-12-37-23(27(17)36-22(25(16)26)11-20(14)33)10-19-18(28(37)39)13-42-29(40)32(19)15(2)43-32/h10-11,15,21H,6-9,12-13H2,1-5H3,(H,34,41)(H,35,38)/t15?,21-,32-/m0/s1. The van der Waals surface area contributed by atoms with E-state index in [0.717, 1.165) is 22.1 Å². The van der Waals surface area contributed by atoms with Crippen molar-refractivity contribution < 1.29 is 33.0 Å². The highest BCUT2D eigenvalue weighted by Gasteiger charge is 2.65. The van der Waals surface area contributed by atoms with Crippen LogP contribution in [0.4, 0.5) is 9.18 Å². The van der Waals surface area contributed by atoms with Crippen molar-refractivity contribution in [3.63, 3.8) is 0 Å². The van der Waals surface area contributed by atoms with Gasteiger partial charge in [0.05, 0.1) is 35.1 Å². The van der Waals surface area contributed by atoms with Gasteiger partial charge in [0.15, 0.2) is 0 Å². The number of esters is 1. The summed E-state index contributed by atoms with van der Waals surface area (Å²) in [7, 11) is 0. The third-order valence-corrected chi connectivity index (χ3v) is 9.02. The van der Waals surface area contributed by atoms with Gasteiger partial charge in [-0.3, -0.25) is 9.59 Å². The number of carbonyl (C=O) groups excluding carboxylic acids is 3. The second-order valence-electron chi connectivity index (χ2n) is 12.9. The Morgan fingerprint density at radius 2 is 1.95 bits per heavy atom. The minimum absolute atomic E-state index is 0.0299. The molecular formula is C32H33FN4O7. The molecule has 230 valence electrons. The Balaban J connectivity index is 1.28. The average molecular weight is 605 g/mol. The molecule has 1 spiro atoms. The van der Waals surface area contributed by atoms with E-state index in [-0.39, 0.29) is 43.4 Å². The first-order valence-electron chi connectivity index (χ1n) is 14.8. The number of cyclic esters (lactones) is 1. The SMILES string of the molecule is Cc1c(F)cc2nc3c(c4c2c1CC[C@@H]4NC(=O)CCNC(=O)OC(C)(C)C)Cn1c-3cc2c(c1=O)COC(=O)[C@@]21OC1C. The zero-order valence-electron chi connectivity index (χ0n) is 25.2. The van der Waals surface area contributed by atoms with E-state index in [0.29, 0.717) is 46.4 Å². The van der Waals surface area contributed by atoms with Crippen molar-refractivity contribution in [3.8, 4) is 11.4 Å². The summed E-state index contributed by atoms with van der Waals surface area (Å²) in [5.74, 6) is -1.16. The quantitative estimate of drug-likeness (QED) is 0.266. The molecule has 1 fully saturated rings. The number of nitrogens with zero attached hydrogens (tertiary/aromatic N) is 2. The summed E-state index contributed by atoms with van der Waals surface area (Å²) < 4.78 is 33.0. The number of epoxide rings is 1. The number of aromatic nitrogens is 2. The van der Waals surface area contributed by atoms with Gasteiger partial charge in [-0.1, -0.05) is 0 Å². The zero-order chi connectivity index (χ0) is 31.3. The lowest BCUT2D eigenvalue weighted by molar-refractivity contribution is -0.154. The molecule has 4 aliphatic rings. The highest BCUT2D eigenvalue weighted by atomic mass is 19.1. The van der Waals surface area contributed by atoms with Crippen LogP contribution in [0.3, 0.4) is 0 Å². The maximum Gasteiger partial charge on any atom is 0.407 e. The van der Waals surface area contributed by atoms with Crippen LogP contribution in [-0.4, -0.2) is 45.8 Å². The van der Waals surface area contributed by atoms with E-state index in [1.165, 1.54) is 6.07 Å². The topological polar surface area (TPSA) is 141 Å². The lowest BCUT2D eigenvalue weighted by atomic mass is 9.81. The Hall–Kier alpha value is -4.32. The van der Waals surface area contributed by atoms with Crippen LogP contribution >= 0.6 is 0 Å². The van der Waals surface area contributed by atoms with E-state index in [4.69, 9.17) is 19.2 Å². The Bertz CT molecular complexity index is 1880. The van der Waals surface area contributed by atoms with Crippen LogP contribution in [0.1, 0.15) is 80.0 Å². The number of nitrogens with one attached hydrogen (secondary N) is 2. The minimum Gasteiger partial charge on any atom is -0.458 e. The number of amides is 2. The Kier molecular flexibility index (Phi) is 6.20. The Morgan fingerprint density at radius 1 is 1.20 bits per heavy atom. The molecule has 1 aromatic carbocycles. The predicted molar refractivity (Wildman–Crippen MR) is 155 cm³/mol. The molecule has 1 saturated heterocycles. The summed E-state index contributed by atoms with van der Waals surface area (Å²) >= 11 is 0. The van der Waals surface area contributed by atoms with Gasteiger partial charge in [0.25, 0.3) is 5.56 Å². The molecule has 2 N–H and O–H groups in total. The number of hydrogen-bond acceptors (Lipinski definition) is 8. The lowest BCUT2D eigenvalue weighted by Gasteiger charge is -2.30. The number of benzene rings is 1. The van der Waals surface area contributed by atoms with E-state index >= 15 is 4.39 Å². The van der Waals surface area contributed by atoms with Crippen molar-refractivity contribution in [3.05, 3.63) is 61.7 Å². The number of alkyl carbamates (subject to hydrolysis) is 1. The van der Waals surface area contributed by atoms with Gasteiger partial charge < -0.3 is 29.4 Å². The number of hydrogen-bond donors (Lipinski definition) is 2. The molecule has 2 aromatic heterocycles. The number of rotatable bonds is 4. The molecule has 0 saturated carbocycles. The summed E-state index contributed by atoms with van der Waals surface area (Å²) in [5.41, 5.74) is 3.00. The van der Waals surface area contributed by atoms with Gasteiger partial charge in [-0.05, 0) is 70.2 Å². The van der Waals surface area contributed by atoms with E-state index in [1.54, 1.807) is 45.3 Å². The normalized spacial score (nSPS) is 22.6. The Labute approximate surface area is 252 Å². The van der Waals surface area contributed by atoms with E-state index < -0.39 is 35.4 Å². The van der Waals surface area contributed by atoms with Crippen LogP contribution in [0, 0.1) is 12.7 Å². The third-order valence-electron chi connectivity index (χ3n) is 9.02. The summed E-state index contributed by atoms with van der Waals surface area (Å²) in [6.45, 7) is 8.92. The number of halogens is 1. The molecule has 7 rings (SSSR count). The molecule has 11 nitrogen and oxygen atoms in total. The minimum atomic E-state index is -1.31. The van der Waals surface area contributed by atoms with Gasteiger partial charge in [-0.2, -0.15) is 0 Å². The first-order valence-corrected chi connectivity index (χ1v) is 14.8. The maximum absolute atomic E-state index is 15.1. The molecule has 0 radical (unpaired) electrons. The van der Waals surface area contributed by atoms with Crippen molar-refractivity contribution in [2.45, 2.75) is 90.4 Å². The number of ether oxygens (including phenoxy) is 3. The van der Waals surface area contributed by atoms with Gasteiger partial charge in [-0.25, -0.2) is 19.0 Å². The van der Waals surface area contributed by atoms with Crippen LogP contribution in [-0.2, 0) is 49.0 Å². The second-order valence-corrected chi connectivity index (χ2v) is 12.9. The van der Waals surface area contributed by atoms with E-state index in [2.05, 4.69) is 10.6 Å². The molecule has 12 heteroatoms. The third kappa shape index (κ3) is 4.21. The number of pyridine rings is 2. The number of fused-ring (bicyclic) bond motifs is 6. The number of aryl methyl sites for hydroxylation is 1. The lowest BCUT2D eigenvalue weighted by Crippen LogP contribution is -2.38. The molecular weight excluding hydrogens is 571 g/mol. The van der Waals surface area contributed by atoms with Crippen LogP contribution in [0.15, 0.2) is 16.9 Å². The van der Waals surface area contributed by atoms with Crippen molar-refractivity contribution in [2.24, 2.45) is 0 Å². The van der Waals surface area contributed by atoms with Crippen molar-refractivity contribution in [1.82, 2.24) is 20.2 Å². The molecule has 3 atom stereocenters. The predicted octanol–water partition coefficient (Wildman–Crippen LogP) is 3.56. The summed E-state index contributed by atoms with van der Waals surface area (Å²) in [6, 6.07) is 2.75. The fourth-order valence-corrected chi connectivity index (χ4v) is 6.91. The monoisotopic (exact) mass is 604 g/mol. The van der Waals surface area contributed by atoms with Gasteiger partial charge in [-0.15, -0.1) is 0 Å². The number of carbonyl (C=O) groups is 3. The molecule has 3 aliphatic heterocycles. The van der Waals surface area contributed by atoms with Gasteiger partial charge in [0.1, 0.15) is 24.1 Å². The smallest absolute Gasteiger partial charge is 0.407 e. The van der Waals surface area contributed by atoms with Gasteiger partial charge >= 0.3 is 12.1 Å². The molecule has 0 bridgehead atoms. The van der Waals surface area contributed by atoms with E-state index in [1.807, 2.05) is 0 Å². The largest absolute Gasteiger partial charge is 0.458 e. The van der Waals surface area contributed by atoms with Crippen LogP contribution in [0.2, 0.25) is 0 Å². The summed E-state index contributed by atoms with van der Waals surface area (Å²) in [5, 5.41) is 6.50. The molecule has 1 aliphatic carbocycles. The fourth-order valence-electron chi connectivity index (χ4n) is 6.91. The van der Waals surface area contributed by atoms with Crippen LogP contribution in [0.25, 0.3) is 22.3 Å². The van der Waals surface area contributed by atoms with Gasteiger partial charge in [0, 0.05) is 35.5 Å². The maximum atomic E-state index is 15.1. The van der Waals surface area contributed by atoms with E-state index in [9.17, 15) is 19.2 Å².